The molecule has 1 fully saturated rings. The van der Waals surface area contributed by atoms with E-state index in [2.05, 4.69) is 10.6 Å². The highest BCUT2D eigenvalue weighted by Crippen LogP contribution is 2.22. The highest BCUT2D eigenvalue weighted by Gasteiger charge is 2.31. The fourth-order valence-electron chi connectivity index (χ4n) is 4.50. The Labute approximate surface area is 216 Å². The van der Waals surface area contributed by atoms with Gasteiger partial charge in [-0.15, -0.1) is 0 Å². The van der Waals surface area contributed by atoms with Crippen LogP contribution in [0.2, 0.25) is 0 Å². The molecule has 5 N–H and O–H groups in total. The van der Waals surface area contributed by atoms with Crippen molar-refractivity contribution >= 4 is 34.1 Å². The van der Waals surface area contributed by atoms with Gasteiger partial charge in [-0.25, -0.2) is 27.5 Å². The fraction of sp³-hybridized carbons (Fsp3) is 0.500. The van der Waals surface area contributed by atoms with Gasteiger partial charge < -0.3 is 21.1 Å². The third kappa shape index (κ3) is 7.44. The standard InChI is InChI=1S/C24H33N5O7S/c1-3-20-15(2)14-29(21(20)30)24(33)26-13-12-16-4-10-19(11-5-16)37(34,35)28-23(32)27-17-6-8-18(9-7-17)36-22(25)31/h4-5,10-11,17-18H,3,6-9,12-14H2,1-2H3,(H2,25,31)(H,26,33)(H2,27,28,32). The van der Waals surface area contributed by atoms with Gasteiger partial charge in [0.25, 0.3) is 15.9 Å². The quantitative estimate of drug-likeness (QED) is 0.393. The summed E-state index contributed by atoms with van der Waals surface area (Å²) in [6.45, 7) is 4.27. The number of primary amides is 1. The van der Waals surface area contributed by atoms with Gasteiger partial charge in [0.2, 0.25) is 0 Å². The number of carbonyl (C=O) groups is 4. The van der Waals surface area contributed by atoms with Crippen molar-refractivity contribution in [3.05, 3.63) is 41.0 Å². The molecule has 1 aliphatic heterocycles. The number of nitrogens with one attached hydrogen (secondary N) is 3. The number of carbonyl (C=O) groups excluding carboxylic acids is 4. The molecule has 0 radical (unpaired) electrons. The number of nitrogens with zero attached hydrogens (tertiary/aromatic N) is 1. The first kappa shape index (κ1) is 28.0. The minimum Gasteiger partial charge on any atom is -0.446 e. The Bertz CT molecular complexity index is 1170. The summed E-state index contributed by atoms with van der Waals surface area (Å²) in [5.74, 6) is -0.270. The average Bonchev–Trinajstić information content (AvgIpc) is 3.13. The normalized spacial score (nSPS) is 19.9. The van der Waals surface area contributed by atoms with Gasteiger partial charge in [-0.2, -0.15) is 0 Å². The summed E-state index contributed by atoms with van der Waals surface area (Å²) in [6.07, 6.45) is 1.96. The van der Waals surface area contributed by atoms with Crippen LogP contribution in [0, 0.1) is 0 Å². The number of imide groups is 1. The van der Waals surface area contributed by atoms with E-state index in [-0.39, 0.29) is 36.0 Å². The van der Waals surface area contributed by atoms with Gasteiger partial charge in [0.05, 0.1) is 11.4 Å². The summed E-state index contributed by atoms with van der Waals surface area (Å²) in [7, 11) is -4.08. The van der Waals surface area contributed by atoms with Crippen molar-refractivity contribution < 1.29 is 32.3 Å². The summed E-state index contributed by atoms with van der Waals surface area (Å²) >= 11 is 0. The lowest BCUT2D eigenvalue weighted by Gasteiger charge is -2.28. The van der Waals surface area contributed by atoms with Crippen LogP contribution >= 0.6 is 0 Å². The summed E-state index contributed by atoms with van der Waals surface area (Å²) in [5, 5.41) is 5.35. The van der Waals surface area contributed by atoms with E-state index in [4.69, 9.17) is 10.5 Å². The second-order valence-electron chi connectivity index (χ2n) is 9.12. The minimum absolute atomic E-state index is 0.0784. The highest BCUT2D eigenvalue weighted by atomic mass is 32.2. The topological polar surface area (TPSA) is 177 Å². The van der Waals surface area contributed by atoms with E-state index >= 15 is 0 Å². The first-order valence-corrected chi connectivity index (χ1v) is 13.6. The number of hydrogen-bond acceptors (Lipinski definition) is 7. The van der Waals surface area contributed by atoms with E-state index in [0.29, 0.717) is 44.1 Å². The number of sulfonamides is 1. The summed E-state index contributed by atoms with van der Waals surface area (Å²) in [6, 6.07) is 4.41. The molecule has 2 aliphatic rings. The van der Waals surface area contributed by atoms with Crippen LogP contribution in [0.5, 0.6) is 0 Å². The maximum atomic E-state index is 12.6. The first-order chi connectivity index (χ1) is 17.5. The smallest absolute Gasteiger partial charge is 0.404 e. The molecule has 0 saturated heterocycles. The van der Waals surface area contributed by atoms with Crippen LogP contribution in [-0.2, 0) is 26.0 Å². The maximum Gasteiger partial charge on any atom is 0.404 e. The molecule has 1 heterocycles. The highest BCUT2D eigenvalue weighted by molar-refractivity contribution is 7.90. The number of rotatable bonds is 8. The van der Waals surface area contributed by atoms with Crippen LogP contribution in [0.25, 0.3) is 0 Å². The predicted octanol–water partition coefficient (Wildman–Crippen LogP) is 1.90. The molecule has 0 bridgehead atoms. The van der Waals surface area contributed by atoms with Crippen LogP contribution in [0.4, 0.5) is 14.4 Å². The number of benzene rings is 1. The number of amides is 6. The van der Waals surface area contributed by atoms with Crippen LogP contribution < -0.4 is 21.1 Å². The molecule has 13 heteroatoms. The van der Waals surface area contributed by atoms with E-state index in [9.17, 15) is 27.6 Å². The zero-order valence-corrected chi connectivity index (χ0v) is 21.7. The molecule has 202 valence electrons. The minimum atomic E-state index is -4.08. The molecule has 3 rings (SSSR count). The molecule has 1 aliphatic carbocycles. The van der Waals surface area contributed by atoms with E-state index in [1.807, 2.05) is 18.6 Å². The van der Waals surface area contributed by atoms with Gasteiger partial charge in [-0.1, -0.05) is 19.1 Å². The van der Waals surface area contributed by atoms with Crippen LogP contribution in [0.3, 0.4) is 0 Å². The Morgan fingerprint density at radius 1 is 1.11 bits per heavy atom. The van der Waals surface area contributed by atoms with E-state index in [0.717, 1.165) is 11.1 Å². The summed E-state index contributed by atoms with van der Waals surface area (Å²) < 4.78 is 32.1. The van der Waals surface area contributed by atoms with Gasteiger partial charge >= 0.3 is 18.2 Å². The number of nitrogens with two attached hydrogens (primary N) is 1. The predicted molar refractivity (Wildman–Crippen MR) is 134 cm³/mol. The lowest BCUT2D eigenvalue weighted by molar-refractivity contribution is -0.123. The first-order valence-electron chi connectivity index (χ1n) is 12.2. The maximum absolute atomic E-state index is 12.6. The Balaban J connectivity index is 1.43. The van der Waals surface area contributed by atoms with Crippen LogP contribution in [-0.4, -0.2) is 62.6 Å². The fourth-order valence-corrected chi connectivity index (χ4v) is 5.41. The molecular formula is C24H33N5O7S. The summed E-state index contributed by atoms with van der Waals surface area (Å²) in [4.78, 5) is 48.8. The second-order valence-corrected chi connectivity index (χ2v) is 10.8. The van der Waals surface area contributed by atoms with Crippen molar-refractivity contribution in [2.75, 3.05) is 13.1 Å². The lowest BCUT2D eigenvalue weighted by atomic mass is 9.93. The molecule has 1 aromatic carbocycles. The van der Waals surface area contributed by atoms with Gasteiger partial charge in [0, 0.05) is 18.2 Å². The molecule has 0 unspecified atom stereocenters. The van der Waals surface area contributed by atoms with Crippen molar-refractivity contribution in [3.63, 3.8) is 0 Å². The molecule has 0 spiro atoms. The molecule has 0 aromatic heterocycles. The van der Waals surface area contributed by atoms with Crippen molar-refractivity contribution in [2.24, 2.45) is 5.73 Å². The lowest BCUT2D eigenvalue weighted by Crippen LogP contribution is -2.46. The second kappa shape index (κ2) is 12.1. The monoisotopic (exact) mass is 535 g/mol. The molecule has 37 heavy (non-hydrogen) atoms. The van der Waals surface area contributed by atoms with Gasteiger partial charge in [-0.3, -0.25) is 9.69 Å². The number of hydrogen-bond donors (Lipinski definition) is 4. The third-order valence-corrected chi connectivity index (χ3v) is 7.80. The Kier molecular flexibility index (Phi) is 9.14. The molecule has 0 atom stereocenters. The van der Waals surface area contributed by atoms with Crippen LogP contribution in [0.1, 0.15) is 51.5 Å². The van der Waals surface area contributed by atoms with Gasteiger partial charge in [0.15, 0.2) is 0 Å². The number of ether oxygens (including phenoxy) is 1. The van der Waals surface area contributed by atoms with E-state index < -0.39 is 28.2 Å². The Hall–Kier alpha value is -3.61. The third-order valence-electron chi connectivity index (χ3n) is 6.46. The van der Waals surface area contributed by atoms with Gasteiger partial charge in [-0.05, 0) is 68.7 Å². The van der Waals surface area contributed by atoms with Crippen molar-refractivity contribution in [2.45, 2.75) is 69.4 Å². The van der Waals surface area contributed by atoms with Crippen molar-refractivity contribution in [1.82, 2.24) is 20.3 Å². The zero-order valence-electron chi connectivity index (χ0n) is 20.9. The average molecular weight is 536 g/mol. The molecule has 12 nitrogen and oxygen atoms in total. The summed E-state index contributed by atoms with van der Waals surface area (Å²) in [5.41, 5.74) is 7.34. The molecule has 1 saturated carbocycles. The van der Waals surface area contributed by atoms with Crippen molar-refractivity contribution in [3.8, 4) is 0 Å². The molecule has 6 amide bonds. The van der Waals surface area contributed by atoms with Crippen molar-refractivity contribution in [1.29, 1.82) is 0 Å². The Morgan fingerprint density at radius 3 is 2.32 bits per heavy atom. The molecular weight excluding hydrogens is 502 g/mol. The van der Waals surface area contributed by atoms with Crippen LogP contribution in [0.15, 0.2) is 40.3 Å². The van der Waals surface area contributed by atoms with Gasteiger partial charge in [0.1, 0.15) is 6.10 Å². The molecule has 1 aromatic rings. The number of urea groups is 2. The van der Waals surface area contributed by atoms with E-state index in [1.165, 1.54) is 17.0 Å². The zero-order chi connectivity index (χ0) is 27.2. The SMILES string of the molecule is CCC1=C(C)CN(C(=O)NCCc2ccc(S(=O)(=O)NC(=O)NC3CCC(OC(N)=O)CC3)cc2)C1=O. The van der Waals surface area contributed by atoms with E-state index in [1.54, 1.807) is 12.1 Å². The largest absolute Gasteiger partial charge is 0.446 e. The Morgan fingerprint density at radius 2 is 1.76 bits per heavy atom.